The van der Waals surface area contributed by atoms with Crippen LogP contribution >= 0.6 is 11.8 Å². The van der Waals surface area contributed by atoms with Crippen LogP contribution in [0.3, 0.4) is 0 Å². The number of hydrogen-bond acceptors (Lipinski definition) is 4. The molecule has 0 spiro atoms. The van der Waals surface area contributed by atoms with Gasteiger partial charge in [0, 0.05) is 5.75 Å². The van der Waals surface area contributed by atoms with Crippen molar-refractivity contribution in [2.45, 2.75) is 25.8 Å². The van der Waals surface area contributed by atoms with Crippen molar-refractivity contribution in [3.8, 4) is 0 Å². The van der Waals surface area contributed by atoms with Gasteiger partial charge in [0.2, 0.25) is 0 Å². The number of carbonyl (C=O) groups is 2. The smallest absolute Gasteiger partial charge is 0.332 e. The fourth-order valence-electron chi connectivity index (χ4n) is 1.17. The van der Waals surface area contributed by atoms with Crippen molar-refractivity contribution in [1.29, 1.82) is 0 Å². The van der Waals surface area contributed by atoms with Crippen molar-refractivity contribution in [1.82, 2.24) is 5.32 Å². The summed E-state index contributed by atoms with van der Waals surface area (Å²) in [5.41, 5.74) is -0.780. The first-order valence-electron chi connectivity index (χ1n) is 4.27. The summed E-state index contributed by atoms with van der Waals surface area (Å²) in [7, 11) is 0. The number of carbonyl (C=O) groups excluding carboxylic acids is 2. The molecule has 1 unspecified atom stereocenters. The van der Waals surface area contributed by atoms with Gasteiger partial charge in [-0.05, 0) is 13.3 Å². The fraction of sp³-hybridized carbons (Fsp3) is 0.750. The average molecular weight is 203 g/mol. The van der Waals surface area contributed by atoms with Crippen LogP contribution in [0.2, 0.25) is 0 Å². The second kappa shape index (κ2) is 4.00. The maximum absolute atomic E-state index is 11.5. The van der Waals surface area contributed by atoms with Gasteiger partial charge >= 0.3 is 5.97 Å². The summed E-state index contributed by atoms with van der Waals surface area (Å²) in [5.74, 6) is 0.150. The number of amides is 1. The lowest BCUT2D eigenvalue weighted by molar-refractivity contribution is -0.149. The van der Waals surface area contributed by atoms with Gasteiger partial charge in [0.25, 0.3) is 5.24 Å². The molecule has 0 aromatic rings. The second-order valence-electron chi connectivity index (χ2n) is 2.86. The van der Waals surface area contributed by atoms with Crippen LogP contribution in [0.1, 0.15) is 20.3 Å². The standard InChI is InChI=1S/C8H13NO3S/c1-3-8(6(10)12-4-2)5-13-7(11)9-8/h3-5H2,1-2H3,(H,9,11). The van der Waals surface area contributed by atoms with E-state index in [-0.39, 0.29) is 11.2 Å². The zero-order valence-corrected chi connectivity index (χ0v) is 8.57. The minimum absolute atomic E-state index is 0.144. The summed E-state index contributed by atoms with van der Waals surface area (Å²) in [6.45, 7) is 3.97. The molecule has 1 fully saturated rings. The van der Waals surface area contributed by atoms with Crippen LogP contribution in [0.15, 0.2) is 0 Å². The molecule has 0 radical (unpaired) electrons. The van der Waals surface area contributed by atoms with Crippen LogP contribution in [-0.2, 0) is 9.53 Å². The highest BCUT2D eigenvalue weighted by Gasteiger charge is 2.44. The Labute approximate surface area is 81.4 Å². The van der Waals surface area contributed by atoms with Crippen molar-refractivity contribution in [2.24, 2.45) is 0 Å². The molecule has 1 amide bonds. The van der Waals surface area contributed by atoms with E-state index in [1.165, 1.54) is 0 Å². The zero-order chi connectivity index (χ0) is 9.90. The number of thioether (sulfide) groups is 1. The van der Waals surface area contributed by atoms with Gasteiger partial charge < -0.3 is 10.1 Å². The topological polar surface area (TPSA) is 55.4 Å². The fourth-order valence-corrected chi connectivity index (χ4v) is 2.21. The number of esters is 1. The van der Waals surface area contributed by atoms with Crippen LogP contribution < -0.4 is 5.32 Å². The van der Waals surface area contributed by atoms with Crippen molar-refractivity contribution in [2.75, 3.05) is 12.4 Å². The lowest BCUT2D eigenvalue weighted by Gasteiger charge is -2.23. The Kier molecular flexibility index (Phi) is 3.19. The Morgan fingerprint density at radius 3 is 2.77 bits per heavy atom. The lowest BCUT2D eigenvalue weighted by atomic mass is 9.99. The molecular formula is C8H13NO3S. The predicted molar refractivity (Wildman–Crippen MR) is 50.6 cm³/mol. The van der Waals surface area contributed by atoms with E-state index in [1.54, 1.807) is 6.92 Å². The van der Waals surface area contributed by atoms with Crippen LogP contribution in [0.4, 0.5) is 4.79 Å². The predicted octanol–water partition coefficient (Wildman–Crippen LogP) is 1.15. The van der Waals surface area contributed by atoms with Crippen molar-refractivity contribution < 1.29 is 14.3 Å². The Morgan fingerprint density at radius 2 is 2.38 bits per heavy atom. The van der Waals surface area contributed by atoms with E-state index in [4.69, 9.17) is 4.74 Å². The molecule has 1 heterocycles. The molecular weight excluding hydrogens is 190 g/mol. The minimum Gasteiger partial charge on any atom is -0.464 e. The monoisotopic (exact) mass is 203 g/mol. The Balaban J connectivity index is 2.70. The first-order valence-corrected chi connectivity index (χ1v) is 5.25. The van der Waals surface area contributed by atoms with E-state index in [0.29, 0.717) is 18.8 Å². The van der Waals surface area contributed by atoms with Gasteiger partial charge in [0.15, 0.2) is 0 Å². The van der Waals surface area contributed by atoms with Gasteiger partial charge in [-0.2, -0.15) is 0 Å². The van der Waals surface area contributed by atoms with Crippen molar-refractivity contribution in [3.63, 3.8) is 0 Å². The summed E-state index contributed by atoms with van der Waals surface area (Å²) in [6, 6.07) is 0. The van der Waals surface area contributed by atoms with Gasteiger partial charge in [0.1, 0.15) is 5.54 Å². The zero-order valence-electron chi connectivity index (χ0n) is 7.75. The maximum Gasteiger partial charge on any atom is 0.332 e. The minimum atomic E-state index is -0.780. The van der Waals surface area contributed by atoms with Crippen LogP contribution in [0, 0.1) is 0 Å². The molecule has 0 aromatic carbocycles. The second-order valence-corrected chi connectivity index (χ2v) is 3.81. The summed E-state index contributed by atoms with van der Waals surface area (Å²) in [5, 5.41) is 2.51. The summed E-state index contributed by atoms with van der Waals surface area (Å²) < 4.78 is 4.90. The molecule has 5 heteroatoms. The largest absolute Gasteiger partial charge is 0.464 e. The third-order valence-electron chi connectivity index (χ3n) is 2.06. The van der Waals surface area contributed by atoms with E-state index in [2.05, 4.69) is 5.32 Å². The summed E-state index contributed by atoms with van der Waals surface area (Å²) >= 11 is 1.13. The van der Waals surface area contributed by atoms with Gasteiger partial charge in [-0.15, -0.1) is 0 Å². The molecule has 13 heavy (non-hydrogen) atoms. The summed E-state index contributed by atoms with van der Waals surface area (Å²) in [4.78, 5) is 22.5. The number of rotatable bonds is 3. The van der Waals surface area contributed by atoms with Gasteiger partial charge in [-0.3, -0.25) is 4.79 Å². The molecule has 1 atom stereocenters. The van der Waals surface area contributed by atoms with Gasteiger partial charge in [-0.1, -0.05) is 18.7 Å². The molecule has 1 saturated heterocycles. The molecule has 0 saturated carbocycles. The molecule has 4 nitrogen and oxygen atoms in total. The van der Waals surface area contributed by atoms with Crippen molar-refractivity contribution >= 4 is 23.0 Å². The Hall–Kier alpha value is -0.710. The number of nitrogens with one attached hydrogen (secondary N) is 1. The average Bonchev–Trinajstić information content (AvgIpc) is 2.49. The van der Waals surface area contributed by atoms with E-state index >= 15 is 0 Å². The normalized spacial score (nSPS) is 27.1. The molecule has 0 aromatic heterocycles. The molecule has 1 rings (SSSR count). The first-order chi connectivity index (χ1) is 6.14. The summed E-state index contributed by atoms with van der Waals surface area (Å²) in [6.07, 6.45) is 0.574. The highest BCUT2D eigenvalue weighted by Crippen LogP contribution is 2.27. The Morgan fingerprint density at radius 1 is 1.69 bits per heavy atom. The lowest BCUT2D eigenvalue weighted by Crippen LogP contribution is -2.51. The van der Waals surface area contributed by atoms with E-state index in [0.717, 1.165) is 11.8 Å². The molecule has 0 aliphatic carbocycles. The molecule has 0 bridgehead atoms. The van der Waals surface area contributed by atoms with Gasteiger partial charge in [0.05, 0.1) is 6.61 Å². The third kappa shape index (κ3) is 1.96. The number of hydrogen-bond donors (Lipinski definition) is 1. The Bertz CT molecular complexity index is 231. The SMILES string of the molecule is CCOC(=O)C1(CC)CSC(=O)N1. The van der Waals surface area contributed by atoms with Crippen LogP contribution in [-0.4, -0.2) is 29.1 Å². The van der Waals surface area contributed by atoms with E-state index in [9.17, 15) is 9.59 Å². The molecule has 1 aliphatic heterocycles. The third-order valence-corrected chi connectivity index (χ3v) is 3.06. The van der Waals surface area contributed by atoms with Gasteiger partial charge in [-0.25, -0.2) is 4.79 Å². The van der Waals surface area contributed by atoms with E-state index < -0.39 is 5.54 Å². The highest BCUT2D eigenvalue weighted by molar-refractivity contribution is 8.14. The molecule has 74 valence electrons. The van der Waals surface area contributed by atoms with Crippen LogP contribution in [0.25, 0.3) is 0 Å². The maximum atomic E-state index is 11.5. The highest BCUT2D eigenvalue weighted by atomic mass is 32.2. The number of ether oxygens (including phenoxy) is 1. The molecule has 1 N–H and O–H groups in total. The van der Waals surface area contributed by atoms with Crippen LogP contribution in [0.5, 0.6) is 0 Å². The van der Waals surface area contributed by atoms with E-state index in [1.807, 2.05) is 6.92 Å². The van der Waals surface area contributed by atoms with Crippen molar-refractivity contribution in [3.05, 3.63) is 0 Å². The quantitative estimate of drug-likeness (QED) is 0.699. The molecule has 1 aliphatic rings. The first kappa shape index (κ1) is 10.4.